The van der Waals surface area contributed by atoms with Crippen molar-refractivity contribution in [3.8, 4) is 28.6 Å². The maximum atomic E-state index is 13.2. The molecule has 29 heavy (non-hydrogen) atoms. The summed E-state index contributed by atoms with van der Waals surface area (Å²) in [6, 6.07) is 8.77. The maximum Gasteiger partial charge on any atom is 0.343 e. The second kappa shape index (κ2) is 8.26. The van der Waals surface area contributed by atoms with Gasteiger partial charge in [-0.2, -0.15) is 0 Å². The van der Waals surface area contributed by atoms with Crippen LogP contribution in [0.4, 0.5) is 0 Å². The number of fused-ring (bicyclic) bond motifs is 1. The first kappa shape index (κ1) is 20.3. The molecule has 0 saturated carbocycles. The summed E-state index contributed by atoms with van der Waals surface area (Å²) in [4.78, 5) is 24.8. The summed E-state index contributed by atoms with van der Waals surface area (Å²) in [5.41, 5.74) is 2.33. The number of benzene rings is 2. The van der Waals surface area contributed by atoms with Gasteiger partial charge in [-0.05, 0) is 49.2 Å². The predicted molar refractivity (Wildman–Crippen MR) is 108 cm³/mol. The second-order valence-electron chi connectivity index (χ2n) is 6.48. The van der Waals surface area contributed by atoms with Crippen molar-refractivity contribution in [3.63, 3.8) is 0 Å². The number of hydrogen-bond donors (Lipinski definition) is 0. The Balaban J connectivity index is 2.28. The van der Waals surface area contributed by atoms with Gasteiger partial charge in [0.05, 0.1) is 26.7 Å². The van der Waals surface area contributed by atoms with Crippen LogP contribution in [0, 0.1) is 13.8 Å². The van der Waals surface area contributed by atoms with Gasteiger partial charge in [0.25, 0.3) is 0 Å². The van der Waals surface area contributed by atoms with Crippen LogP contribution in [0.5, 0.6) is 17.2 Å². The molecular weight excluding hydrogens is 376 g/mol. The number of rotatable bonds is 6. The lowest BCUT2D eigenvalue weighted by molar-refractivity contribution is -0.142. The van der Waals surface area contributed by atoms with E-state index in [1.54, 1.807) is 24.3 Å². The van der Waals surface area contributed by atoms with Gasteiger partial charge in [0.1, 0.15) is 5.58 Å². The van der Waals surface area contributed by atoms with E-state index in [0.29, 0.717) is 28.0 Å². The second-order valence-corrected chi connectivity index (χ2v) is 6.48. The Morgan fingerprint density at radius 3 is 2.38 bits per heavy atom. The molecule has 152 valence electrons. The zero-order chi connectivity index (χ0) is 21.1. The normalized spacial score (nSPS) is 10.7. The molecule has 1 heterocycles. The topological polar surface area (TPSA) is 84.2 Å². The molecule has 0 atom stereocenters. The summed E-state index contributed by atoms with van der Waals surface area (Å²) in [7, 11) is 4.29. The van der Waals surface area contributed by atoms with Gasteiger partial charge in [-0.3, -0.25) is 4.79 Å². The number of methoxy groups -OCH3 is 3. The first-order chi connectivity index (χ1) is 13.9. The fourth-order valence-electron chi connectivity index (χ4n) is 3.16. The molecule has 0 bridgehead atoms. The monoisotopic (exact) mass is 398 g/mol. The van der Waals surface area contributed by atoms with Gasteiger partial charge in [-0.15, -0.1) is 0 Å². The zero-order valence-corrected chi connectivity index (χ0v) is 17.0. The molecule has 3 rings (SSSR count). The van der Waals surface area contributed by atoms with Crippen LogP contribution in [0.1, 0.15) is 11.1 Å². The Labute approximate surface area is 167 Å². The summed E-state index contributed by atoms with van der Waals surface area (Å²) >= 11 is 0. The molecule has 7 heteroatoms. The van der Waals surface area contributed by atoms with Crippen molar-refractivity contribution in [2.24, 2.45) is 0 Å². The first-order valence-corrected chi connectivity index (χ1v) is 8.89. The largest absolute Gasteiger partial charge is 0.493 e. The van der Waals surface area contributed by atoms with Crippen LogP contribution in [-0.2, 0) is 9.53 Å². The van der Waals surface area contributed by atoms with E-state index in [1.165, 1.54) is 21.3 Å². The van der Waals surface area contributed by atoms with Crippen molar-refractivity contribution >= 4 is 16.9 Å². The fourth-order valence-corrected chi connectivity index (χ4v) is 3.16. The minimum Gasteiger partial charge on any atom is -0.493 e. The van der Waals surface area contributed by atoms with Gasteiger partial charge in [-0.25, -0.2) is 4.79 Å². The molecule has 0 saturated heterocycles. The molecule has 0 aliphatic rings. The minimum absolute atomic E-state index is 0.0675. The van der Waals surface area contributed by atoms with Gasteiger partial charge in [0.2, 0.25) is 11.2 Å². The van der Waals surface area contributed by atoms with E-state index in [9.17, 15) is 9.59 Å². The average Bonchev–Trinajstić information content (AvgIpc) is 2.71. The van der Waals surface area contributed by atoms with Crippen LogP contribution >= 0.6 is 0 Å². The molecular formula is C22H22O7. The van der Waals surface area contributed by atoms with Crippen molar-refractivity contribution in [1.29, 1.82) is 0 Å². The molecule has 0 aliphatic carbocycles. The molecule has 0 amide bonds. The molecule has 3 aromatic rings. The van der Waals surface area contributed by atoms with Crippen LogP contribution < -0.4 is 19.6 Å². The summed E-state index contributed by atoms with van der Waals surface area (Å²) in [6.45, 7) is 3.33. The lowest BCUT2D eigenvalue weighted by atomic mass is 10.0. The smallest absolute Gasteiger partial charge is 0.343 e. The Morgan fingerprint density at radius 1 is 1.00 bits per heavy atom. The van der Waals surface area contributed by atoms with E-state index < -0.39 is 12.6 Å². The van der Waals surface area contributed by atoms with E-state index in [4.69, 9.17) is 18.6 Å². The first-order valence-electron chi connectivity index (χ1n) is 8.89. The van der Waals surface area contributed by atoms with Crippen LogP contribution in [0.2, 0.25) is 0 Å². The lowest BCUT2D eigenvalue weighted by Crippen LogP contribution is -2.18. The fraction of sp³-hybridized carbons (Fsp3) is 0.273. The van der Waals surface area contributed by atoms with Crippen LogP contribution in [0.3, 0.4) is 0 Å². The molecule has 0 unspecified atom stereocenters. The van der Waals surface area contributed by atoms with E-state index in [-0.39, 0.29) is 16.9 Å². The maximum absolute atomic E-state index is 13.2. The van der Waals surface area contributed by atoms with E-state index >= 15 is 0 Å². The third kappa shape index (κ3) is 3.89. The average molecular weight is 398 g/mol. The van der Waals surface area contributed by atoms with Crippen molar-refractivity contribution in [1.82, 2.24) is 0 Å². The van der Waals surface area contributed by atoms with Crippen LogP contribution in [-0.4, -0.2) is 33.9 Å². The SMILES string of the molecule is COC(=O)COc1c(-c2ccc(OC)c(OC)c2)oc2cc(C)cc(C)c2c1=O. The van der Waals surface area contributed by atoms with E-state index in [2.05, 4.69) is 4.74 Å². The quantitative estimate of drug-likeness (QED) is 0.586. The molecule has 0 N–H and O–H groups in total. The number of aryl methyl sites for hydroxylation is 2. The number of carbonyl (C=O) groups is 1. The molecule has 0 aliphatic heterocycles. The lowest BCUT2D eigenvalue weighted by Gasteiger charge is -2.14. The minimum atomic E-state index is -0.608. The van der Waals surface area contributed by atoms with Crippen LogP contribution in [0.15, 0.2) is 39.5 Å². The van der Waals surface area contributed by atoms with Gasteiger partial charge in [0, 0.05) is 5.56 Å². The molecule has 7 nitrogen and oxygen atoms in total. The molecule has 0 radical (unpaired) electrons. The molecule has 0 fully saturated rings. The number of carbonyl (C=O) groups excluding carboxylic acids is 1. The van der Waals surface area contributed by atoms with Gasteiger partial charge < -0.3 is 23.4 Å². The van der Waals surface area contributed by atoms with Gasteiger partial charge in [-0.1, -0.05) is 6.07 Å². The molecule has 0 spiro atoms. The number of ether oxygens (including phenoxy) is 4. The van der Waals surface area contributed by atoms with Crippen LogP contribution in [0.25, 0.3) is 22.3 Å². The summed E-state index contributed by atoms with van der Waals surface area (Å²) < 4.78 is 26.9. The van der Waals surface area contributed by atoms with E-state index in [1.807, 2.05) is 19.9 Å². The summed E-state index contributed by atoms with van der Waals surface area (Å²) in [5.74, 6) is 0.512. The Hall–Kier alpha value is -3.48. The van der Waals surface area contributed by atoms with Crippen molar-refractivity contribution in [3.05, 3.63) is 51.7 Å². The van der Waals surface area contributed by atoms with E-state index in [0.717, 1.165) is 11.1 Å². The Bertz CT molecular complexity index is 1130. The molecule has 2 aromatic carbocycles. The van der Waals surface area contributed by atoms with Crippen molar-refractivity contribution < 1.29 is 28.2 Å². The Morgan fingerprint density at radius 2 is 1.72 bits per heavy atom. The highest BCUT2D eigenvalue weighted by Crippen LogP contribution is 2.37. The Kier molecular flexibility index (Phi) is 5.77. The predicted octanol–water partition coefficient (Wildman–Crippen LogP) is 3.65. The highest BCUT2D eigenvalue weighted by atomic mass is 16.6. The zero-order valence-electron chi connectivity index (χ0n) is 17.0. The van der Waals surface area contributed by atoms with Gasteiger partial charge in [0.15, 0.2) is 23.9 Å². The highest BCUT2D eigenvalue weighted by molar-refractivity contribution is 5.86. The van der Waals surface area contributed by atoms with Gasteiger partial charge >= 0.3 is 5.97 Å². The summed E-state index contributed by atoms with van der Waals surface area (Å²) in [6.07, 6.45) is 0. The van der Waals surface area contributed by atoms with Crippen molar-refractivity contribution in [2.45, 2.75) is 13.8 Å². The van der Waals surface area contributed by atoms with Crippen molar-refractivity contribution in [2.75, 3.05) is 27.9 Å². The standard InChI is InChI=1S/C22H22O7/c1-12-8-13(2)19-17(9-12)29-21(22(20(19)24)28-11-18(23)27-5)14-6-7-15(25-3)16(10-14)26-4/h6-10H,11H2,1-5H3. The highest BCUT2D eigenvalue weighted by Gasteiger charge is 2.21. The third-order valence-electron chi connectivity index (χ3n) is 4.50. The number of hydrogen-bond acceptors (Lipinski definition) is 7. The third-order valence-corrected chi connectivity index (χ3v) is 4.50. The summed E-state index contributed by atoms with van der Waals surface area (Å²) in [5, 5.41) is 0.402. The molecule has 1 aromatic heterocycles. The number of esters is 1.